The Morgan fingerprint density at radius 2 is 2.18 bits per heavy atom. The summed E-state index contributed by atoms with van der Waals surface area (Å²) < 4.78 is 5.26. The van der Waals surface area contributed by atoms with E-state index in [2.05, 4.69) is 5.32 Å². The standard InChI is InChI=1S/C13H18N2O2/c14-12-3-1-10(2-4-12)7-13(16)15-8-11-5-6-17-9-11/h1-4,11H,5-9,14H2,(H,15,16). The van der Waals surface area contributed by atoms with E-state index in [9.17, 15) is 4.79 Å². The summed E-state index contributed by atoms with van der Waals surface area (Å²) in [6.45, 7) is 2.30. The molecule has 0 saturated carbocycles. The Morgan fingerprint density at radius 1 is 1.41 bits per heavy atom. The van der Waals surface area contributed by atoms with Crippen LogP contribution in [0.25, 0.3) is 0 Å². The largest absolute Gasteiger partial charge is 0.399 e. The lowest BCUT2D eigenvalue weighted by Crippen LogP contribution is -2.30. The van der Waals surface area contributed by atoms with Crippen LogP contribution in [0.15, 0.2) is 24.3 Å². The van der Waals surface area contributed by atoms with Crippen LogP contribution in [0, 0.1) is 5.92 Å². The van der Waals surface area contributed by atoms with Crippen molar-refractivity contribution in [3.05, 3.63) is 29.8 Å². The van der Waals surface area contributed by atoms with E-state index in [0.717, 1.165) is 30.9 Å². The van der Waals surface area contributed by atoms with Gasteiger partial charge in [-0.2, -0.15) is 0 Å². The van der Waals surface area contributed by atoms with E-state index in [0.29, 0.717) is 18.9 Å². The molecular formula is C13H18N2O2. The number of rotatable bonds is 4. The molecule has 0 bridgehead atoms. The second kappa shape index (κ2) is 5.68. The molecule has 1 fully saturated rings. The SMILES string of the molecule is Nc1ccc(CC(=O)NCC2CCOC2)cc1. The highest BCUT2D eigenvalue weighted by Gasteiger charge is 2.16. The van der Waals surface area contributed by atoms with E-state index in [-0.39, 0.29) is 5.91 Å². The van der Waals surface area contributed by atoms with Crippen LogP contribution >= 0.6 is 0 Å². The van der Waals surface area contributed by atoms with Gasteiger partial charge in [-0.05, 0) is 24.1 Å². The maximum Gasteiger partial charge on any atom is 0.224 e. The second-order valence-corrected chi connectivity index (χ2v) is 4.45. The first-order chi connectivity index (χ1) is 8.24. The summed E-state index contributed by atoms with van der Waals surface area (Å²) >= 11 is 0. The fraction of sp³-hybridized carbons (Fsp3) is 0.462. The van der Waals surface area contributed by atoms with Crippen LogP contribution in [0.5, 0.6) is 0 Å². The Labute approximate surface area is 101 Å². The van der Waals surface area contributed by atoms with Gasteiger partial charge in [0.15, 0.2) is 0 Å². The Kier molecular flexibility index (Phi) is 3.98. The molecule has 4 heteroatoms. The highest BCUT2D eigenvalue weighted by molar-refractivity contribution is 5.78. The minimum atomic E-state index is 0.0571. The van der Waals surface area contributed by atoms with Crippen LogP contribution in [-0.4, -0.2) is 25.7 Å². The lowest BCUT2D eigenvalue weighted by Gasteiger charge is -2.09. The van der Waals surface area contributed by atoms with Crippen molar-refractivity contribution in [2.24, 2.45) is 5.92 Å². The van der Waals surface area contributed by atoms with Gasteiger partial charge in [0.25, 0.3) is 0 Å². The molecule has 3 N–H and O–H groups in total. The zero-order chi connectivity index (χ0) is 12.1. The molecule has 1 aromatic carbocycles. The van der Waals surface area contributed by atoms with Gasteiger partial charge in [0, 0.05) is 24.8 Å². The van der Waals surface area contributed by atoms with Crippen LogP contribution in [0.3, 0.4) is 0 Å². The Morgan fingerprint density at radius 3 is 2.82 bits per heavy atom. The Hall–Kier alpha value is -1.55. The van der Waals surface area contributed by atoms with Crippen molar-refractivity contribution >= 4 is 11.6 Å². The first kappa shape index (κ1) is 11.9. The number of nitrogens with one attached hydrogen (secondary N) is 1. The molecule has 0 spiro atoms. The van der Waals surface area contributed by atoms with Crippen LogP contribution in [-0.2, 0) is 16.0 Å². The summed E-state index contributed by atoms with van der Waals surface area (Å²) in [5.74, 6) is 0.534. The minimum absolute atomic E-state index is 0.0571. The number of carbonyl (C=O) groups is 1. The molecule has 2 rings (SSSR count). The van der Waals surface area contributed by atoms with E-state index < -0.39 is 0 Å². The van der Waals surface area contributed by atoms with Gasteiger partial charge in [-0.25, -0.2) is 0 Å². The highest BCUT2D eigenvalue weighted by Crippen LogP contribution is 2.11. The first-order valence-electron chi connectivity index (χ1n) is 5.93. The van der Waals surface area contributed by atoms with Crippen molar-refractivity contribution in [1.82, 2.24) is 5.32 Å². The summed E-state index contributed by atoms with van der Waals surface area (Å²) in [4.78, 5) is 11.7. The van der Waals surface area contributed by atoms with Crippen molar-refractivity contribution in [3.63, 3.8) is 0 Å². The predicted octanol–water partition coefficient (Wildman–Crippen LogP) is 0.964. The molecule has 0 aromatic heterocycles. The Bertz CT molecular complexity index is 370. The fourth-order valence-electron chi connectivity index (χ4n) is 1.89. The topological polar surface area (TPSA) is 64.4 Å². The van der Waals surface area contributed by atoms with Gasteiger partial charge in [-0.1, -0.05) is 12.1 Å². The van der Waals surface area contributed by atoms with Crippen LogP contribution in [0.2, 0.25) is 0 Å². The van der Waals surface area contributed by atoms with E-state index in [4.69, 9.17) is 10.5 Å². The van der Waals surface area contributed by atoms with Crippen molar-refractivity contribution in [2.75, 3.05) is 25.5 Å². The third-order valence-corrected chi connectivity index (χ3v) is 2.96. The van der Waals surface area contributed by atoms with Crippen LogP contribution in [0.1, 0.15) is 12.0 Å². The van der Waals surface area contributed by atoms with Gasteiger partial charge in [-0.3, -0.25) is 4.79 Å². The summed E-state index contributed by atoms with van der Waals surface area (Å²) in [5, 5.41) is 2.94. The number of nitrogen functional groups attached to an aromatic ring is 1. The fourth-order valence-corrected chi connectivity index (χ4v) is 1.89. The lowest BCUT2D eigenvalue weighted by atomic mass is 10.1. The average molecular weight is 234 g/mol. The highest BCUT2D eigenvalue weighted by atomic mass is 16.5. The first-order valence-corrected chi connectivity index (χ1v) is 5.93. The number of amides is 1. The summed E-state index contributed by atoms with van der Waals surface area (Å²) in [6.07, 6.45) is 1.45. The van der Waals surface area contributed by atoms with Gasteiger partial charge in [0.05, 0.1) is 13.0 Å². The number of hydrogen-bond acceptors (Lipinski definition) is 3. The van der Waals surface area contributed by atoms with Crippen molar-refractivity contribution in [2.45, 2.75) is 12.8 Å². The van der Waals surface area contributed by atoms with Crippen LogP contribution in [0.4, 0.5) is 5.69 Å². The molecule has 1 aliphatic rings. The molecule has 92 valence electrons. The maximum atomic E-state index is 11.7. The van der Waals surface area contributed by atoms with Gasteiger partial charge >= 0.3 is 0 Å². The van der Waals surface area contributed by atoms with Crippen LogP contribution < -0.4 is 11.1 Å². The van der Waals surface area contributed by atoms with Gasteiger partial charge < -0.3 is 15.8 Å². The van der Waals surface area contributed by atoms with Gasteiger partial charge in [0.2, 0.25) is 5.91 Å². The number of hydrogen-bond donors (Lipinski definition) is 2. The van der Waals surface area contributed by atoms with Crippen molar-refractivity contribution in [1.29, 1.82) is 0 Å². The molecule has 1 saturated heterocycles. The van der Waals surface area contributed by atoms with Gasteiger partial charge in [0.1, 0.15) is 0 Å². The third kappa shape index (κ3) is 3.75. The summed E-state index contributed by atoms with van der Waals surface area (Å²) in [5.41, 5.74) is 7.29. The monoisotopic (exact) mass is 234 g/mol. The number of nitrogens with two attached hydrogens (primary N) is 1. The molecule has 1 aliphatic heterocycles. The van der Waals surface area contributed by atoms with Gasteiger partial charge in [-0.15, -0.1) is 0 Å². The zero-order valence-corrected chi connectivity index (χ0v) is 9.82. The Balaban J connectivity index is 1.74. The molecule has 1 heterocycles. The zero-order valence-electron chi connectivity index (χ0n) is 9.82. The molecular weight excluding hydrogens is 216 g/mol. The second-order valence-electron chi connectivity index (χ2n) is 4.45. The normalized spacial score (nSPS) is 19.2. The average Bonchev–Trinajstić information content (AvgIpc) is 2.83. The summed E-state index contributed by atoms with van der Waals surface area (Å²) in [6, 6.07) is 7.39. The quantitative estimate of drug-likeness (QED) is 0.763. The number of carbonyl (C=O) groups excluding carboxylic acids is 1. The molecule has 4 nitrogen and oxygen atoms in total. The molecule has 0 aliphatic carbocycles. The molecule has 1 atom stereocenters. The maximum absolute atomic E-state index is 11.7. The number of benzene rings is 1. The number of anilines is 1. The molecule has 1 aromatic rings. The molecule has 1 amide bonds. The van der Waals surface area contributed by atoms with E-state index in [1.807, 2.05) is 24.3 Å². The van der Waals surface area contributed by atoms with Crippen molar-refractivity contribution in [3.8, 4) is 0 Å². The minimum Gasteiger partial charge on any atom is -0.399 e. The van der Waals surface area contributed by atoms with E-state index in [1.54, 1.807) is 0 Å². The predicted molar refractivity (Wildman–Crippen MR) is 66.5 cm³/mol. The molecule has 1 unspecified atom stereocenters. The molecule has 17 heavy (non-hydrogen) atoms. The van der Waals surface area contributed by atoms with E-state index >= 15 is 0 Å². The lowest BCUT2D eigenvalue weighted by molar-refractivity contribution is -0.120. The summed E-state index contributed by atoms with van der Waals surface area (Å²) in [7, 11) is 0. The third-order valence-electron chi connectivity index (χ3n) is 2.96. The smallest absolute Gasteiger partial charge is 0.224 e. The van der Waals surface area contributed by atoms with E-state index in [1.165, 1.54) is 0 Å². The molecule has 0 radical (unpaired) electrons. The van der Waals surface area contributed by atoms with Crippen molar-refractivity contribution < 1.29 is 9.53 Å². The number of ether oxygens (including phenoxy) is 1.